The Morgan fingerprint density at radius 1 is 0.333 bits per heavy atom. The number of nitrogens with zero attached hydrogens (tertiary/aromatic N) is 2. The van der Waals surface area contributed by atoms with Crippen LogP contribution in [-0.2, 0) is 0 Å². The first-order chi connectivity index (χ1) is 28.3. The number of hydrogen-bond donors (Lipinski definition) is 0. The van der Waals surface area contributed by atoms with Gasteiger partial charge in [0.2, 0.25) is 0 Å². The summed E-state index contributed by atoms with van der Waals surface area (Å²) in [4.78, 5) is 2.35. The molecule has 0 saturated carbocycles. The van der Waals surface area contributed by atoms with Gasteiger partial charge in [0, 0.05) is 49.7 Å². The lowest BCUT2D eigenvalue weighted by molar-refractivity contribution is 0.670. The summed E-state index contributed by atoms with van der Waals surface area (Å²) in [5.41, 5.74) is 15.3. The zero-order chi connectivity index (χ0) is 37.7. The molecule has 0 fully saturated rings. The largest absolute Gasteiger partial charge is 0.455 e. The number of benzene rings is 9. The molecule has 0 bridgehead atoms. The summed E-state index contributed by atoms with van der Waals surface area (Å²) in [5, 5.41) is 4.63. The normalized spacial score (nSPS) is 11.5. The van der Waals surface area contributed by atoms with Crippen molar-refractivity contribution in [3.05, 3.63) is 218 Å². The van der Waals surface area contributed by atoms with E-state index >= 15 is 0 Å². The molecular formula is C54H36N2O. The summed E-state index contributed by atoms with van der Waals surface area (Å²) in [6.07, 6.45) is 0. The molecular weight excluding hydrogens is 693 g/mol. The Hall–Kier alpha value is -7.62. The van der Waals surface area contributed by atoms with Crippen LogP contribution in [0.3, 0.4) is 0 Å². The molecule has 268 valence electrons. The Morgan fingerprint density at radius 2 is 0.895 bits per heavy atom. The third kappa shape index (κ3) is 5.60. The second-order valence-corrected chi connectivity index (χ2v) is 14.5. The van der Waals surface area contributed by atoms with Gasteiger partial charge in [-0.25, -0.2) is 0 Å². The van der Waals surface area contributed by atoms with Crippen molar-refractivity contribution in [1.82, 2.24) is 4.57 Å². The molecule has 57 heavy (non-hydrogen) atoms. The van der Waals surface area contributed by atoms with Crippen LogP contribution in [0.5, 0.6) is 0 Å². The maximum atomic E-state index is 6.70. The van der Waals surface area contributed by atoms with Crippen LogP contribution >= 0.6 is 0 Å². The highest BCUT2D eigenvalue weighted by molar-refractivity contribution is 6.13. The predicted octanol–water partition coefficient (Wildman–Crippen LogP) is 15.2. The Balaban J connectivity index is 1.16. The van der Waals surface area contributed by atoms with Crippen molar-refractivity contribution in [1.29, 1.82) is 0 Å². The first-order valence-electron chi connectivity index (χ1n) is 19.4. The lowest BCUT2D eigenvalue weighted by Gasteiger charge is -2.26. The summed E-state index contributed by atoms with van der Waals surface area (Å²) in [6, 6.07) is 78.1. The fourth-order valence-corrected chi connectivity index (χ4v) is 8.53. The highest BCUT2D eigenvalue weighted by Crippen LogP contribution is 2.44. The Kier molecular flexibility index (Phi) is 7.82. The van der Waals surface area contributed by atoms with Crippen LogP contribution in [-0.4, -0.2) is 4.57 Å². The fourth-order valence-electron chi connectivity index (χ4n) is 8.53. The van der Waals surface area contributed by atoms with Crippen molar-refractivity contribution in [2.24, 2.45) is 0 Å². The highest BCUT2D eigenvalue weighted by Gasteiger charge is 2.22. The fraction of sp³-hybridized carbons (Fsp3) is 0. The van der Waals surface area contributed by atoms with Crippen molar-refractivity contribution >= 4 is 60.8 Å². The standard InChI is InChI=1S/C54H36N2O/c1-4-15-37(16-5-1)39-27-30-42(31-28-39)55(41-19-8-3-9-20-41)43-32-33-45-44-21-10-12-25-50(44)56(52(45)36-43)51-34-29-40(38-17-6-2-7-18-38)35-49(51)48-24-14-23-47-46-22-11-13-26-53(46)57-54(47)48/h1-36H. The van der Waals surface area contributed by atoms with E-state index in [0.29, 0.717) is 0 Å². The molecule has 0 atom stereocenters. The van der Waals surface area contributed by atoms with Gasteiger partial charge in [-0.2, -0.15) is 0 Å². The molecule has 0 amide bonds. The van der Waals surface area contributed by atoms with Crippen molar-refractivity contribution < 1.29 is 4.42 Å². The van der Waals surface area contributed by atoms with E-state index in [9.17, 15) is 0 Å². The summed E-state index contributed by atoms with van der Waals surface area (Å²) in [5.74, 6) is 0. The molecule has 2 heterocycles. The molecule has 9 aromatic carbocycles. The maximum Gasteiger partial charge on any atom is 0.143 e. The minimum atomic E-state index is 0.889. The average molecular weight is 729 g/mol. The van der Waals surface area contributed by atoms with E-state index in [0.717, 1.165) is 72.4 Å². The number of rotatable bonds is 7. The molecule has 0 aliphatic carbocycles. The van der Waals surface area contributed by atoms with E-state index in [2.05, 4.69) is 222 Å². The van der Waals surface area contributed by atoms with Crippen molar-refractivity contribution in [2.45, 2.75) is 0 Å². The molecule has 0 N–H and O–H groups in total. The van der Waals surface area contributed by atoms with Crippen LogP contribution in [0, 0.1) is 0 Å². The lowest BCUT2D eigenvalue weighted by atomic mass is 9.95. The smallest absolute Gasteiger partial charge is 0.143 e. The Bertz CT molecular complexity index is 3220. The van der Waals surface area contributed by atoms with E-state index in [1.807, 2.05) is 6.07 Å². The third-order valence-electron chi connectivity index (χ3n) is 11.2. The van der Waals surface area contributed by atoms with Gasteiger partial charge in [-0.05, 0) is 82.9 Å². The van der Waals surface area contributed by atoms with Gasteiger partial charge in [0.05, 0.1) is 16.7 Å². The van der Waals surface area contributed by atoms with E-state index in [4.69, 9.17) is 4.42 Å². The second kappa shape index (κ2) is 13.6. The monoisotopic (exact) mass is 728 g/mol. The van der Waals surface area contributed by atoms with E-state index in [-0.39, 0.29) is 0 Å². The van der Waals surface area contributed by atoms with Gasteiger partial charge < -0.3 is 13.9 Å². The quantitative estimate of drug-likeness (QED) is 0.163. The second-order valence-electron chi connectivity index (χ2n) is 14.5. The van der Waals surface area contributed by atoms with Gasteiger partial charge in [-0.3, -0.25) is 0 Å². The molecule has 0 radical (unpaired) electrons. The van der Waals surface area contributed by atoms with Gasteiger partial charge in [-0.1, -0.05) is 158 Å². The van der Waals surface area contributed by atoms with Crippen molar-refractivity contribution in [3.63, 3.8) is 0 Å². The molecule has 11 aromatic rings. The maximum absolute atomic E-state index is 6.70. The SMILES string of the molecule is c1ccc(-c2ccc(N(c3ccccc3)c3ccc4c5ccccc5n(-c5ccc(-c6ccccc6)cc5-c5cccc6c5oc5ccccc56)c4c3)cc2)cc1. The van der Waals surface area contributed by atoms with Gasteiger partial charge in [0.25, 0.3) is 0 Å². The van der Waals surface area contributed by atoms with Crippen LogP contribution in [0.15, 0.2) is 223 Å². The van der Waals surface area contributed by atoms with E-state index in [1.165, 1.54) is 27.5 Å². The molecule has 0 spiro atoms. The van der Waals surface area contributed by atoms with Crippen LogP contribution in [0.2, 0.25) is 0 Å². The number of hydrogen-bond acceptors (Lipinski definition) is 2. The minimum absolute atomic E-state index is 0.889. The first kappa shape index (κ1) is 32.8. The Morgan fingerprint density at radius 3 is 1.67 bits per heavy atom. The third-order valence-corrected chi connectivity index (χ3v) is 11.2. The predicted molar refractivity (Wildman–Crippen MR) is 239 cm³/mol. The summed E-state index contributed by atoms with van der Waals surface area (Å²) in [6.45, 7) is 0. The molecule has 0 unspecified atom stereocenters. The molecule has 11 rings (SSSR count). The van der Waals surface area contributed by atoms with Crippen LogP contribution in [0.1, 0.15) is 0 Å². The van der Waals surface area contributed by atoms with Gasteiger partial charge in [-0.15, -0.1) is 0 Å². The van der Waals surface area contributed by atoms with Gasteiger partial charge >= 0.3 is 0 Å². The Labute approximate surface area is 330 Å². The first-order valence-corrected chi connectivity index (χ1v) is 19.4. The van der Waals surface area contributed by atoms with Crippen molar-refractivity contribution in [2.75, 3.05) is 4.90 Å². The topological polar surface area (TPSA) is 21.3 Å². The summed E-state index contributed by atoms with van der Waals surface area (Å²) < 4.78 is 9.15. The molecule has 0 aliphatic heterocycles. The molecule has 3 nitrogen and oxygen atoms in total. The average Bonchev–Trinajstić information content (AvgIpc) is 3.83. The zero-order valence-electron chi connectivity index (χ0n) is 31.1. The summed E-state index contributed by atoms with van der Waals surface area (Å²) in [7, 11) is 0. The number of para-hydroxylation sites is 4. The van der Waals surface area contributed by atoms with Gasteiger partial charge in [0.1, 0.15) is 11.2 Å². The lowest BCUT2D eigenvalue weighted by Crippen LogP contribution is -2.10. The number of furan rings is 1. The molecule has 0 aliphatic rings. The van der Waals surface area contributed by atoms with Crippen molar-refractivity contribution in [3.8, 4) is 39.1 Å². The van der Waals surface area contributed by atoms with E-state index in [1.54, 1.807) is 0 Å². The molecule has 3 heteroatoms. The molecule has 0 saturated heterocycles. The zero-order valence-corrected chi connectivity index (χ0v) is 31.1. The van der Waals surface area contributed by atoms with Crippen LogP contribution in [0.4, 0.5) is 17.1 Å². The van der Waals surface area contributed by atoms with Gasteiger partial charge in [0.15, 0.2) is 0 Å². The number of fused-ring (bicyclic) bond motifs is 6. The summed E-state index contributed by atoms with van der Waals surface area (Å²) >= 11 is 0. The number of aromatic nitrogens is 1. The van der Waals surface area contributed by atoms with Crippen LogP contribution < -0.4 is 4.90 Å². The van der Waals surface area contributed by atoms with Crippen LogP contribution in [0.25, 0.3) is 82.8 Å². The van der Waals surface area contributed by atoms with E-state index < -0.39 is 0 Å². The highest BCUT2D eigenvalue weighted by atomic mass is 16.3. The number of anilines is 3. The molecule has 2 aromatic heterocycles. The minimum Gasteiger partial charge on any atom is -0.455 e.